The molecule has 0 bridgehead atoms. The van der Waals surface area contributed by atoms with Crippen LogP contribution in [0.1, 0.15) is 18.1 Å². The molecule has 0 amide bonds. The summed E-state index contributed by atoms with van der Waals surface area (Å²) in [6, 6.07) is 19.7. The number of nitrogens with zero attached hydrogens (tertiary/aromatic N) is 2. The summed E-state index contributed by atoms with van der Waals surface area (Å²) in [6.07, 6.45) is 1.22. The summed E-state index contributed by atoms with van der Waals surface area (Å²) < 4.78 is 6.18. The van der Waals surface area contributed by atoms with Gasteiger partial charge in [-0.25, -0.2) is 0 Å². The van der Waals surface area contributed by atoms with E-state index >= 15 is 0 Å². The van der Waals surface area contributed by atoms with Crippen molar-refractivity contribution in [3.63, 3.8) is 0 Å². The lowest BCUT2D eigenvalue weighted by Gasteiger charge is -2.42. The van der Waals surface area contributed by atoms with Gasteiger partial charge in [-0.2, -0.15) is 0 Å². The van der Waals surface area contributed by atoms with Crippen molar-refractivity contribution < 1.29 is 4.74 Å². The highest BCUT2D eigenvalue weighted by atomic mass is 16.5. The van der Waals surface area contributed by atoms with E-state index < -0.39 is 0 Å². The molecule has 0 aliphatic carbocycles. The van der Waals surface area contributed by atoms with Crippen molar-refractivity contribution in [2.45, 2.75) is 32.2 Å². The van der Waals surface area contributed by atoms with Crippen molar-refractivity contribution in [1.29, 1.82) is 0 Å². The smallest absolute Gasteiger partial charge is 0.157 e. The van der Waals surface area contributed by atoms with E-state index in [2.05, 4.69) is 71.3 Å². The molecule has 2 heterocycles. The SMILES string of the molecule is CC1CN(Cc2ccccc2)CCN1C1Cc2ccccc2O1. The van der Waals surface area contributed by atoms with Gasteiger partial charge in [0.05, 0.1) is 0 Å². The Labute approximate surface area is 138 Å². The van der Waals surface area contributed by atoms with E-state index in [0.717, 1.165) is 38.3 Å². The molecule has 0 spiro atoms. The maximum Gasteiger partial charge on any atom is 0.157 e. The molecule has 0 saturated carbocycles. The average Bonchev–Trinajstić information content (AvgIpc) is 2.99. The molecule has 120 valence electrons. The third-order valence-corrected chi connectivity index (χ3v) is 5.01. The summed E-state index contributed by atoms with van der Waals surface area (Å²) >= 11 is 0. The number of para-hydroxylation sites is 1. The molecule has 2 unspecified atom stereocenters. The van der Waals surface area contributed by atoms with E-state index in [9.17, 15) is 0 Å². The Morgan fingerprint density at radius 3 is 2.57 bits per heavy atom. The van der Waals surface area contributed by atoms with Gasteiger partial charge in [-0.3, -0.25) is 9.80 Å². The summed E-state index contributed by atoms with van der Waals surface area (Å²) in [4.78, 5) is 5.08. The second-order valence-electron chi connectivity index (χ2n) is 6.69. The molecule has 3 nitrogen and oxygen atoms in total. The molecule has 2 aromatic carbocycles. The van der Waals surface area contributed by atoms with Crippen LogP contribution in [0.25, 0.3) is 0 Å². The van der Waals surface area contributed by atoms with Crippen molar-refractivity contribution >= 4 is 0 Å². The third-order valence-electron chi connectivity index (χ3n) is 5.01. The van der Waals surface area contributed by atoms with Crippen LogP contribution >= 0.6 is 0 Å². The fourth-order valence-electron chi connectivity index (χ4n) is 3.81. The molecule has 4 rings (SSSR count). The molecule has 1 saturated heterocycles. The normalized spacial score (nSPS) is 25.1. The summed E-state index contributed by atoms with van der Waals surface area (Å²) in [7, 11) is 0. The Morgan fingerprint density at radius 1 is 1.00 bits per heavy atom. The molecule has 0 N–H and O–H groups in total. The van der Waals surface area contributed by atoms with E-state index in [1.807, 2.05) is 0 Å². The van der Waals surface area contributed by atoms with Gasteiger partial charge in [-0.1, -0.05) is 48.5 Å². The standard InChI is InChI=1S/C20H24N2O/c1-16-14-21(15-17-7-3-2-4-8-17)11-12-22(16)20-13-18-9-5-6-10-19(18)23-20/h2-10,16,20H,11-15H2,1H3. The van der Waals surface area contributed by atoms with E-state index in [0.29, 0.717) is 6.04 Å². The number of ether oxygens (including phenoxy) is 1. The third kappa shape index (κ3) is 3.12. The maximum atomic E-state index is 6.18. The van der Waals surface area contributed by atoms with Gasteiger partial charge in [0, 0.05) is 38.6 Å². The summed E-state index contributed by atoms with van der Waals surface area (Å²) in [5.41, 5.74) is 2.74. The van der Waals surface area contributed by atoms with Crippen molar-refractivity contribution in [2.24, 2.45) is 0 Å². The number of hydrogen-bond donors (Lipinski definition) is 0. The van der Waals surface area contributed by atoms with Gasteiger partial charge >= 0.3 is 0 Å². The molecule has 1 fully saturated rings. The number of piperazine rings is 1. The van der Waals surface area contributed by atoms with Crippen LogP contribution in [-0.4, -0.2) is 41.7 Å². The number of rotatable bonds is 3. The monoisotopic (exact) mass is 308 g/mol. The topological polar surface area (TPSA) is 15.7 Å². The van der Waals surface area contributed by atoms with Crippen LogP contribution in [0.2, 0.25) is 0 Å². The van der Waals surface area contributed by atoms with Gasteiger partial charge in [-0.15, -0.1) is 0 Å². The van der Waals surface area contributed by atoms with E-state index in [1.54, 1.807) is 0 Å². The van der Waals surface area contributed by atoms with Crippen molar-refractivity contribution in [1.82, 2.24) is 9.80 Å². The minimum absolute atomic E-state index is 0.210. The second-order valence-corrected chi connectivity index (χ2v) is 6.69. The van der Waals surface area contributed by atoms with Crippen LogP contribution < -0.4 is 4.74 Å². The van der Waals surface area contributed by atoms with Crippen LogP contribution in [-0.2, 0) is 13.0 Å². The Hall–Kier alpha value is -1.84. The van der Waals surface area contributed by atoms with Gasteiger partial charge < -0.3 is 4.74 Å². The minimum atomic E-state index is 0.210. The minimum Gasteiger partial charge on any atom is -0.474 e. The Morgan fingerprint density at radius 2 is 1.78 bits per heavy atom. The largest absolute Gasteiger partial charge is 0.474 e. The lowest BCUT2D eigenvalue weighted by atomic mass is 10.1. The lowest BCUT2D eigenvalue weighted by molar-refractivity contribution is -0.0293. The van der Waals surface area contributed by atoms with Gasteiger partial charge in [0.2, 0.25) is 0 Å². The van der Waals surface area contributed by atoms with Crippen LogP contribution in [0.4, 0.5) is 0 Å². The van der Waals surface area contributed by atoms with Gasteiger partial charge in [0.15, 0.2) is 6.23 Å². The summed E-state index contributed by atoms with van der Waals surface area (Å²) in [5.74, 6) is 1.07. The predicted octanol–water partition coefficient (Wildman–Crippen LogP) is 3.15. The molecular weight excluding hydrogens is 284 g/mol. The fraction of sp³-hybridized carbons (Fsp3) is 0.400. The number of hydrogen-bond acceptors (Lipinski definition) is 3. The van der Waals surface area contributed by atoms with E-state index in [-0.39, 0.29) is 6.23 Å². The molecule has 0 aromatic heterocycles. The van der Waals surface area contributed by atoms with E-state index in [1.165, 1.54) is 11.1 Å². The molecule has 23 heavy (non-hydrogen) atoms. The van der Waals surface area contributed by atoms with Gasteiger partial charge in [0.1, 0.15) is 5.75 Å². The first-order chi connectivity index (χ1) is 11.3. The zero-order chi connectivity index (χ0) is 15.6. The Bertz CT molecular complexity index is 633. The zero-order valence-corrected chi connectivity index (χ0v) is 13.7. The quantitative estimate of drug-likeness (QED) is 0.866. The highest BCUT2D eigenvalue weighted by molar-refractivity contribution is 5.37. The number of benzene rings is 2. The first kappa shape index (κ1) is 14.7. The lowest BCUT2D eigenvalue weighted by Crippen LogP contribution is -2.56. The molecule has 2 aliphatic heterocycles. The molecule has 2 aliphatic rings. The number of fused-ring (bicyclic) bond motifs is 1. The molecule has 2 aromatic rings. The summed E-state index contributed by atoms with van der Waals surface area (Å²) in [5, 5.41) is 0. The van der Waals surface area contributed by atoms with E-state index in [4.69, 9.17) is 4.74 Å². The maximum absolute atomic E-state index is 6.18. The van der Waals surface area contributed by atoms with Crippen molar-refractivity contribution in [3.8, 4) is 5.75 Å². The van der Waals surface area contributed by atoms with Crippen LogP contribution in [0, 0.1) is 0 Å². The zero-order valence-electron chi connectivity index (χ0n) is 13.7. The highest BCUT2D eigenvalue weighted by Gasteiger charge is 2.34. The molecular formula is C20H24N2O. The molecule has 2 atom stereocenters. The molecule has 3 heteroatoms. The van der Waals surface area contributed by atoms with Gasteiger partial charge in [-0.05, 0) is 24.1 Å². The molecule has 0 radical (unpaired) electrons. The van der Waals surface area contributed by atoms with Crippen molar-refractivity contribution in [2.75, 3.05) is 19.6 Å². The van der Waals surface area contributed by atoms with Crippen molar-refractivity contribution in [3.05, 3.63) is 65.7 Å². The highest BCUT2D eigenvalue weighted by Crippen LogP contribution is 2.31. The Balaban J connectivity index is 1.37. The fourth-order valence-corrected chi connectivity index (χ4v) is 3.81. The first-order valence-electron chi connectivity index (χ1n) is 8.56. The van der Waals surface area contributed by atoms with Crippen LogP contribution in [0.5, 0.6) is 5.75 Å². The summed E-state index contributed by atoms with van der Waals surface area (Å²) in [6.45, 7) is 6.65. The average molecular weight is 308 g/mol. The first-order valence-corrected chi connectivity index (χ1v) is 8.56. The van der Waals surface area contributed by atoms with Gasteiger partial charge in [0.25, 0.3) is 0 Å². The predicted molar refractivity (Wildman–Crippen MR) is 92.4 cm³/mol. The second kappa shape index (κ2) is 6.34. The Kier molecular flexibility index (Phi) is 4.06. The van der Waals surface area contributed by atoms with Crippen LogP contribution in [0.3, 0.4) is 0 Å². The van der Waals surface area contributed by atoms with Crippen LogP contribution in [0.15, 0.2) is 54.6 Å².